The van der Waals surface area contributed by atoms with Crippen LogP contribution in [0.25, 0.3) is 0 Å². The molecule has 0 saturated carbocycles. The number of hydrogen-bond donors (Lipinski definition) is 0. The molecular formula is C22H25NO2. The molecule has 2 aromatic rings. The normalized spacial score (nSPS) is 16.7. The van der Waals surface area contributed by atoms with Gasteiger partial charge < -0.3 is 9.47 Å². The predicted molar refractivity (Wildman–Crippen MR) is 100 cm³/mol. The van der Waals surface area contributed by atoms with Crippen molar-refractivity contribution in [1.82, 2.24) is 4.90 Å². The summed E-state index contributed by atoms with van der Waals surface area (Å²) in [6.07, 6.45) is 7.96. The summed E-state index contributed by atoms with van der Waals surface area (Å²) in [7, 11) is 0. The minimum Gasteiger partial charge on any atom is -0.481 e. The maximum absolute atomic E-state index is 5.85. The van der Waals surface area contributed by atoms with Gasteiger partial charge in [0.1, 0.15) is 12.4 Å². The minimum absolute atomic E-state index is 0.293. The van der Waals surface area contributed by atoms with Crippen molar-refractivity contribution in [1.29, 1.82) is 0 Å². The molecule has 1 heterocycles. The molecule has 3 rings (SSSR count). The molecule has 1 atom stereocenters. The predicted octanol–water partition coefficient (Wildman–Crippen LogP) is 3.88. The van der Waals surface area contributed by atoms with Gasteiger partial charge in [0.15, 0.2) is 0 Å². The Morgan fingerprint density at radius 2 is 1.88 bits per heavy atom. The summed E-state index contributed by atoms with van der Waals surface area (Å²) in [5, 5.41) is 0. The molecule has 0 unspecified atom stereocenters. The molecule has 3 nitrogen and oxygen atoms in total. The van der Waals surface area contributed by atoms with Gasteiger partial charge in [-0.3, -0.25) is 4.90 Å². The number of benzene rings is 2. The van der Waals surface area contributed by atoms with Crippen LogP contribution >= 0.6 is 0 Å². The minimum atomic E-state index is 0.293. The van der Waals surface area contributed by atoms with Gasteiger partial charge in [-0.1, -0.05) is 54.5 Å². The topological polar surface area (TPSA) is 21.7 Å². The quantitative estimate of drug-likeness (QED) is 0.683. The SMILES string of the molecule is C#CCOc1ccccc1CN(Cc1ccccc1)C[C@H]1CCCO1. The van der Waals surface area contributed by atoms with Crippen molar-refractivity contribution < 1.29 is 9.47 Å². The maximum atomic E-state index is 5.85. The van der Waals surface area contributed by atoms with Gasteiger partial charge in [0.25, 0.3) is 0 Å². The van der Waals surface area contributed by atoms with Crippen molar-refractivity contribution in [2.45, 2.75) is 32.0 Å². The van der Waals surface area contributed by atoms with E-state index in [1.54, 1.807) is 0 Å². The Bertz CT molecular complexity index is 687. The van der Waals surface area contributed by atoms with E-state index < -0.39 is 0 Å². The van der Waals surface area contributed by atoms with E-state index in [9.17, 15) is 0 Å². The first-order chi connectivity index (χ1) is 12.3. The largest absolute Gasteiger partial charge is 0.481 e. The van der Waals surface area contributed by atoms with E-state index in [1.165, 1.54) is 5.56 Å². The van der Waals surface area contributed by atoms with Gasteiger partial charge in [-0.2, -0.15) is 0 Å². The van der Waals surface area contributed by atoms with Gasteiger partial charge in [-0.15, -0.1) is 6.42 Å². The highest BCUT2D eigenvalue weighted by Crippen LogP contribution is 2.22. The molecule has 2 aromatic carbocycles. The molecule has 1 saturated heterocycles. The zero-order valence-electron chi connectivity index (χ0n) is 14.6. The zero-order valence-corrected chi connectivity index (χ0v) is 14.6. The van der Waals surface area contributed by atoms with Crippen molar-refractivity contribution >= 4 is 0 Å². The van der Waals surface area contributed by atoms with Crippen LogP contribution in [0.15, 0.2) is 54.6 Å². The summed E-state index contributed by atoms with van der Waals surface area (Å²) in [5.74, 6) is 3.41. The third kappa shape index (κ3) is 5.35. The fraction of sp³-hybridized carbons (Fsp3) is 0.364. The van der Waals surface area contributed by atoms with E-state index in [-0.39, 0.29) is 0 Å². The molecule has 0 amide bonds. The van der Waals surface area contributed by atoms with Gasteiger partial charge in [0, 0.05) is 31.8 Å². The van der Waals surface area contributed by atoms with Crippen LogP contribution in [-0.2, 0) is 17.8 Å². The second-order valence-electron chi connectivity index (χ2n) is 6.39. The first-order valence-electron chi connectivity index (χ1n) is 8.87. The van der Waals surface area contributed by atoms with Gasteiger partial charge in [-0.25, -0.2) is 0 Å². The average Bonchev–Trinajstić information content (AvgIpc) is 3.15. The summed E-state index contributed by atoms with van der Waals surface area (Å²) in [6.45, 7) is 3.81. The standard InChI is InChI=1S/C22H25NO2/c1-2-14-25-22-13-7-6-11-20(22)17-23(18-21-12-8-15-24-21)16-19-9-4-3-5-10-19/h1,3-7,9-11,13,21H,8,12,14-18H2/t21-/m1/s1. The van der Waals surface area contributed by atoms with Crippen LogP contribution in [-0.4, -0.2) is 30.8 Å². The molecule has 0 aromatic heterocycles. The fourth-order valence-electron chi connectivity index (χ4n) is 3.24. The molecule has 130 valence electrons. The number of para-hydroxylation sites is 1. The third-order valence-corrected chi connectivity index (χ3v) is 4.41. The molecule has 0 bridgehead atoms. The zero-order chi connectivity index (χ0) is 17.3. The second-order valence-corrected chi connectivity index (χ2v) is 6.39. The van der Waals surface area contributed by atoms with Gasteiger partial charge >= 0.3 is 0 Å². The van der Waals surface area contributed by atoms with Gasteiger partial charge in [0.2, 0.25) is 0 Å². The fourth-order valence-corrected chi connectivity index (χ4v) is 3.24. The Morgan fingerprint density at radius 3 is 2.64 bits per heavy atom. The lowest BCUT2D eigenvalue weighted by Gasteiger charge is -2.26. The molecule has 25 heavy (non-hydrogen) atoms. The highest BCUT2D eigenvalue weighted by Gasteiger charge is 2.20. The number of nitrogens with zero attached hydrogens (tertiary/aromatic N) is 1. The van der Waals surface area contributed by atoms with Crippen LogP contribution in [0.2, 0.25) is 0 Å². The van der Waals surface area contributed by atoms with E-state index in [0.29, 0.717) is 12.7 Å². The van der Waals surface area contributed by atoms with E-state index in [2.05, 4.69) is 47.2 Å². The number of terminal acetylenes is 1. The van der Waals surface area contributed by atoms with Crippen LogP contribution in [0.4, 0.5) is 0 Å². The van der Waals surface area contributed by atoms with Crippen LogP contribution in [0.1, 0.15) is 24.0 Å². The van der Waals surface area contributed by atoms with E-state index in [0.717, 1.165) is 50.4 Å². The Morgan fingerprint density at radius 1 is 1.08 bits per heavy atom. The van der Waals surface area contributed by atoms with Crippen molar-refractivity contribution in [3.8, 4) is 18.1 Å². The Balaban J connectivity index is 1.73. The first kappa shape index (κ1) is 17.5. The maximum Gasteiger partial charge on any atom is 0.148 e. The molecule has 1 aliphatic heterocycles. The van der Waals surface area contributed by atoms with Gasteiger partial charge in [-0.05, 0) is 24.5 Å². The van der Waals surface area contributed by atoms with E-state index in [4.69, 9.17) is 15.9 Å². The van der Waals surface area contributed by atoms with Crippen molar-refractivity contribution in [3.05, 3.63) is 65.7 Å². The number of rotatable bonds is 8. The van der Waals surface area contributed by atoms with E-state index >= 15 is 0 Å². The molecule has 0 N–H and O–H groups in total. The summed E-state index contributed by atoms with van der Waals surface area (Å²) in [6, 6.07) is 18.7. The summed E-state index contributed by atoms with van der Waals surface area (Å²) in [5.41, 5.74) is 2.47. The summed E-state index contributed by atoms with van der Waals surface area (Å²) >= 11 is 0. The van der Waals surface area contributed by atoms with Crippen LogP contribution in [0.5, 0.6) is 5.75 Å². The summed E-state index contributed by atoms with van der Waals surface area (Å²) < 4.78 is 11.6. The summed E-state index contributed by atoms with van der Waals surface area (Å²) in [4.78, 5) is 2.43. The van der Waals surface area contributed by atoms with Crippen LogP contribution in [0, 0.1) is 12.3 Å². The molecule has 1 aliphatic rings. The van der Waals surface area contributed by atoms with Crippen molar-refractivity contribution in [2.24, 2.45) is 0 Å². The highest BCUT2D eigenvalue weighted by atomic mass is 16.5. The van der Waals surface area contributed by atoms with Crippen LogP contribution in [0.3, 0.4) is 0 Å². The Kier molecular flexibility index (Phi) is 6.50. The lowest BCUT2D eigenvalue weighted by Crippen LogP contribution is -2.31. The second kappa shape index (κ2) is 9.27. The van der Waals surface area contributed by atoms with Gasteiger partial charge in [0.05, 0.1) is 6.10 Å². The smallest absolute Gasteiger partial charge is 0.148 e. The van der Waals surface area contributed by atoms with Crippen LogP contribution < -0.4 is 4.74 Å². The molecule has 3 heteroatoms. The van der Waals surface area contributed by atoms with E-state index in [1.807, 2.05) is 18.2 Å². The number of hydrogen-bond acceptors (Lipinski definition) is 3. The first-order valence-corrected chi connectivity index (χ1v) is 8.87. The van der Waals surface area contributed by atoms with Crippen molar-refractivity contribution in [3.63, 3.8) is 0 Å². The third-order valence-electron chi connectivity index (χ3n) is 4.41. The highest BCUT2D eigenvalue weighted by molar-refractivity contribution is 5.33. The molecule has 1 fully saturated rings. The molecule has 0 spiro atoms. The molecule has 0 aliphatic carbocycles. The molecular weight excluding hydrogens is 310 g/mol. The van der Waals surface area contributed by atoms with Crippen molar-refractivity contribution in [2.75, 3.05) is 19.8 Å². The molecule has 0 radical (unpaired) electrons. The average molecular weight is 335 g/mol. The lowest BCUT2D eigenvalue weighted by atomic mass is 10.1. The Hall–Kier alpha value is -2.28. The monoisotopic (exact) mass is 335 g/mol. The Labute approximate surface area is 150 Å². The number of ether oxygens (including phenoxy) is 2. The lowest BCUT2D eigenvalue weighted by molar-refractivity contribution is 0.0676.